The van der Waals surface area contributed by atoms with Crippen molar-refractivity contribution < 1.29 is 14.6 Å². The van der Waals surface area contributed by atoms with Crippen molar-refractivity contribution in [3.8, 4) is 0 Å². The molecule has 0 spiro atoms. The molecule has 0 radical (unpaired) electrons. The first-order chi connectivity index (χ1) is 9.68. The highest BCUT2D eigenvalue weighted by atomic mass is 16.5. The average Bonchev–Trinajstić information content (AvgIpc) is 2.69. The Labute approximate surface area is 120 Å². The fourth-order valence-electron chi connectivity index (χ4n) is 2.57. The van der Waals surface area contributed by atoms with E-state index in [0.717, 1.165) is 31.2 Å². The van der Waals surface area contributed by atoms with E-state index < -0.39 is 11.7 Å². The van der Waals surface area contributed by atoms with Gasteiger partial charge < -0.3 is 15.2 Å². The van der Waals surface area contributed by atoms with E-state index in [-0.39, 0.29) is 13.2 Å². The highest BCUT2D eigenvalue weighted by Crippen LogP contribution is 2.26. The molecule has 1 fully saturated rings. The molecule has 2 rings (SSSR count). The molecule has 2 N–H and O–H groups in total. The van der Waals surface area contributed by atoms with Gasteiger partial charge in [-0.15, -0.1) is 0 Å². The fraction of sp³-hybridized carbons (Fsp3) is 0.562. The quantitative estimate of drug-likeness (QED) is 0.832. The Hall–Kier alpha value is -1.55. The SMILES string of the molecule is O=C(NCC1(O)CCCCCC1)OCc1ccccc1. The molecule has 4 nitrogen and oxygen atoms in total. The standard InChI is InChI=1S/C16H23NO3/c18-15(20-12-14-8-4-3-5-9-14)17-13-16(19)10-6-1-2-7-11-16/h3-5,8-9,19H,1-2,6-7,10-13H2,(H,17,18). The van der Waals surface area contributed by atoms with Crippen LogP contribution >= 0.6 is 0 Å². The summed E-state index contributed by atoms with van der Waals surface area (Å²) >= 11 is 0. The maximum Gasteiger partial charge on any atom is 0.407 e. The smallest absolute Gasteiger partial charge is 0.407 e. The number of amides is 1. The summed E-state index contributed by atoms with van der Waals surface area (Å²) in [7, 11) is 0. The van der Waals surface area contributed by atoms with Gasteiger partial charge in [0, 0.05) is 6.54 Å². The van der Waals surface area contributed by atoms with Gasteiger partial charge in [0.05, 0.1) is 5.60 Å². The topological polar surface area (TPSA) is 58.6 Å². The lowest BCUT2D eigenvalue weighted by Gasteiger charge is -2.26. The van der Waals surface area contributed by atoms with E-state index in [0.29, 0.717) is 0 Å². The van der Waals surface area contributed by atoms with Crippen LogP contribution in [0.4, 0.5) is 4.79 Å². The molecule has 0 heterocycles. The van der Waals surface area contributed by atoms with E-state index in [1.165, 1.54) is 12.8 Å². The number of carbonyl (C=O) groups is 1. The minimum Gasteiger partial charge on any atom is -0.445 e. The molecule has 0 unspecified atom stereocenters. The molecule has 0 aliphatic heterocycles. The second kappa shape index (κ2) is 7.29. The predicted octanol–water partition coefficient (Wildman–Crippen LogP) is 3.00. The minimum absolute atomic E-state index is 0.255. The predicted molar refractivity (Wildman–Crippen MR) is 77.3 cm³/mol. The summed E-state index contributed by atoms with van der Waals surface area (Å²) in [5, 5.41) is 13.1. The van der Waals surface area contributed by atoms with Gasteiger partial charge in [-0.2, -0.15) is 0 Å². The average molecular weight is 277 g/mol. The number of benzene rings is 1. The maximum atomic E-state index is 11.6. The van der Waals surface area contributed by atoms with Gasteiger partial charge in [0.1, 0.15) is 6.61 Å². The Bertz CT molecular complexity index is 411. The monoisotopic (exact) mass is 277 g/mol. The summed E-state index contributed by atoms with van der Waals surface area (Å²) in [4.78, 5) is 11.6. The van der Waals surface area contributed by atoms with E-state index in [1.54, 1.807) is 0 Å². The van der Waals surface area contributed by atoms with Gasteiger partial charge in [-0.05, 0) is 18.4 Å². The third kappa shape index (κ3) is 4.85. The highest BCUT2D eigenvalue weighted by Gasteiger charge is 2.28. The number of ether oxygens (including phenoxy) is 1. The van der Waals surface area contributed by atoms with Gasteiger partial charge in [0.25, 0.3) is 0 Å². The Kier molecular flexibility index (Phi) is 5.41. The Balaban J connectivity index is 1.71. The van der Waals surface area contributed by atoms with Crippen molar-refractivity contribution in [3.63, 3.8) is 0 Å². The lowest BCUT2D eigenvalue weighted by Crippen LogP contribution is -2.42. The molecule has 0 atom stereocenters. The molecule has 4 heteroatoms. The van der Waals surface area contributed by atoms with Gasteiger partial charge in [-0.3, -0.25) is 0 Å². The van der Waals surface area contributed by atoms with E-state index in [9.17, 15) is 9.90 Å². The van der Waals surface area contributed by atoms with E-state index in [1.807, 2.05) is 30.3 Å². The molecule has 1 aliphatic carbocycles. The van der Waals surface area contributed by atoms with Crippen LogP contribution in [0.25, 0.3) is 0 Å². The number of hydrogen-bond acceptors (Lipinski definition) is 3. The summed E-state index contributed by atoms with van der Waals surface area (Å²) in [6, 6.07) is 9.55. The zero-order valence-electron chi connectivity index (χ0n) is 11.8. The van der Waals surface area contributed by atoms with E-state index in [4.69, 9.17) is 4.74 Å². The molecule has 1 aromatic rings. The molecule has 0 saturated heterocycles. The molecular formula is C16H23NO3. The second-order valence-corrected chi connectivity index (χ2v) is 5.55. The van der Waals surface area contributed by atoms with E-state index in [2.05, 4.69) is 5.32 Å². The normalized spacial score (nSPS) is 18.1. The molecule has 0 bridgehead atoms. The summed E-state index contributed by atoms with van der Waals surface area (Å²) in [5.41, 5.74) is 0.193. The number of aliphatic hydroxyl groups is 1. The van der Waals surface area contributed by atoms with Crippen LogP contribution in [0.5, 0.6) is 0 Å². The molecule has 1 aliphatic rings. The van der Waals surface area contributed by atoms with Crippen molar-refractivity contribution in [2.75, 3.05) is 6.54 Å². The van der Waals surface area contributed by atoms with Crippen LogP contribution in [0, 0.1) is 0 Å². The second-order valence-electron chi connectivity index (χ2n) is 5.55. The van der Waals surface area contributed by atoms with Crippen molar-refractivity contribution in [3.05, 3.63) is 35.9 Å². The fourth-order valence-corrected chi connectivity index (χ4v) is 2.57. The summed E-state index contributed by atoms with van der Waals surface area (Å²) in [6.45, 7) is 0.533. The van der Waals surface area contributed by atoms with Crippen LogP contribution in [0.2, 0.25) is 0 Å². The van der Waals surface area contributed by atoms with Crippen LogP contribution in [0.15, 0.2) is 30.3 Å². The molecular weight excluding hydrogens is 254 g/mol. The molecule has 0 aromatic heterocycles. The minimum atomic E-state index is -0.762. The number of carbonyl (C=O) groups excluding carboxylic acids is 1. The lowest BCUT2D eigenvalue weighted by atomic mass is 9.95. The van der Waals surface area contributed by atoms with Crippen LogP contribution in [0.3, 0.4) is 0 Å². The first kappa shape index (κ1) is 14.9. The number of alkyl carbamates (subject to hydrolysis) is 1. The zero-order chi connectivity index (χ0) is 14.3. The first-order valence-corrected chi connectivity index (χ1v) is 7.35. The van der Waals surface area contributed by atoms with Crippen molar-refractivity contribution in [1.29, 1.82) is 0 Å². The van der Waals surface area contributed by atoms with Crippen LogP contribution in [-0.4, -0.2) is 23.3 Å². The lowest BCUT2D eigenvalue weighted by molar-refractivity contribution is 0.0236. The Morgan fingerprint density at radius 3 is 2.45 bits per heavy atom. The third-order valence-corrected chi connectivity index (χ3v) is 3.81. The van der Waals surface area contributed by atoms with Crippen molar-refractivity contribution in [2.24, 2.45) is 0 Å². The number of nitrogens with one attached hydrogen (secondary N) is 1. The molecule has 1 aromatic carbocycles. The van der Waals surface area contributed by atoms with Gasteiger partial charge >= 0.3 is 6.09 Å². The Morgan fingerprint density at radius 2 is 1.80 bits per heavy atom. The van der Waals surface area contributed by atoms with E-state index >= 15 is 0 Å². The van der Waals surface area contributed by atoms with Crippen molar-refractivity contribution in [2.45, 2.75) is 50.7 Å². The Morgan fingerprint density at radius 1 is 1.15 bits per heavy atom. The van der Waals surface area contributed by atoms with Crippen LogP contribution in [0.1, 0.15) is 44.1 Å². The summed E-state index contributed by atoms with van der Waals surface area (Å²) in [6.07, 6.45) is 5.43. The van der Waals surface area contributed by atoms with Crippen LogP contribution in [-0.2, 0) is 11.3 Å². The molecule has 110 valence electrons. The molecule has 1 saturated carbocycles. The number of hydrogen-bond donors (Lipinski definition) is 2. The van der Waals surface area contributed by atoms with Gasteiger partial charge in [-0.25, -0.2) is 4.79 Å². The third-order valence-electron chi connectivity index (χ3n) is 3.81. The maximum absolute atomic E-state index is 11.6. The van der Waals surface area contributed by atoms with Crippen molar-refractivity contribution in [1.82, 2.24) is 5.32 Å². The van der Waals surface area contributed by atoms with Gasteiger partial charge in [-0.1, -0.05) is 56.0 Å². The van der Waals surface area contributed by atoms with Crippen molar-refractivity contribution >= 4 is 6.09 Å². The van der Waals surface area contributed by atoms with Gasteiger partial charge in [0.2, 0.25) is 0 Å². The molecule has 1 amide bonds. The summed E-state index contributed by atoms with van der Waals surface area (Å²) in [5.74, 6) is 0. The summed E-state index contributed by atoms with van der Waals surface area (Å²) < 4.78 is 5.13. The van der Waals surface area contributed by atoms with Gasteiger partial charge in [0.15, 0.2) is 0 Å². The zero-order valence-corrected chi connectivity index (χ0v) is 11.8. The number of rotatable bonds is 4. The first-order valence-electron chi connectivity index (χ1n) is 7.35. The largest absolute Gasteiger partial charge is 0.445 e. The highest BCUT2D eigenvalue weighted by molar-refractivity contribution is 5.67. The van der Waals surface area contributed by atoms with Crippen LogP contribution < -0.4 is 5.32 Å². The molecule has 20 heavy (non-hydrogen) atoms.